The van der Waals surface area contributed by atoms with Gasteiger partial charge < -0.3 is 0 Å². The standard InChI is InChI=1S/C21H36Si.C18H27I/c1-8-19(17-22(5,6)7)20-14-11-13-18(16-20)12-9-10-15-21(2,3)4;1-5-16(14-19)17-11-8-10-15(13-17)9-6-7-12-18(2,3)4/h11,13-14,16-17H,8-10,12,15H2,1-7H3;8,10-11,13-14H,5-7,9,12H2,1-4H3/b19-17+;16-14+. The Morgan fingerprint density at radius 3 is 1.41 bits per heavy atom. The van der Waals surface area contributed by atoms with Crippen molar-refractivity contribution in [3.63, 3.8) is 0 Å². The van der Waals surface area contributed by atoms with Crippen molar-refractivity contribution in [1.29, 1.82) is 0 Å². The number of allylic oxidation sites excluding steroid dienone is 2. The maximum atomic E-state index is 2.56. The monoisotopic (exact) mass is 686 g/mol. The van der Waals surface area contributed by atoms with Gasteiger partial charge in [-0.05, 0) is 99.7 Å². The Morgan fingerprint density at radius 1 is 0.659 bits per heavy atom. The van der Waals surface area contributed by atoms with Gasteiger partial charge in [0.15, 0.2) is 0 Å². The second kappa shape index (κ2) is 18.5. The molecule has 0 saturated heterocycles. The van der Waals surface area contributed by atoms with Crippen molar-refractivity contribution in [1.82, 2.24) is 0 Å². The summed E-state index contributed by atoms with van der Waals surface area (Å²) in [4.78, 5) is 0. The van der Waals surface area contributed by atoms with Crippen LogP contribution >= 0.6 is 22.6 Å². The van der Waals surface area contributed by atoms with E-state index in [0.29, 0.717) is 10.8 Å². The largest absolute Gasteiger partial charge is 0.0913 e. The van der Waals surface area contributed by atoms with Crippen LogP contribution in [0.1, 0.15) is 129 Å². The Bertz CT molecular complexity index is 1070. The van der Waals surface area contributed by atoms with E-state index in [1.54, 1.807) is 0 Å². The van der Waals surface area contributed by atoms with E-state index < -0.39 is 8.07 Å². The van der Waals surface area contributed by atoms with Gasteiger partial charge in [-0.15, -0.1) is 0 Å². The van der Waals surface area contributed by atoms with E-state index in [4.69, 9.17) is 0 Å². The van der Waals surface area contributed by atoms with Crippen LogP contribution in [0.15, 0.2) is 58.3 Å². The Morgan fingerprint density at radius 2 is 1.07 bits per heavy atom. The Kier molecular flexibility index (Phi) is 17.1. The van der Waals surface area contributed by atoms with Gasteiger partial charge in [-0.1, -0.05) is 165 Å². The Hall–Kier alpha value is -1.13. The van der Waals surface area contributed by atoms with Crippen LogP contribution in [0.3, 0.4) is 0 Å². The first-order valence-corrected chi connectivity index (χ1v) is 21.1. The summed E-state index contributed by atoms with van der Waals surface area (Å²) in [5, 5.41) is 0. The highest BCUT2D eigenvalue weighted by molar-refractivity contribution is 14.1. The van der Waals surface area contributed by atoms with Gasteiger partial charge in [0.05, 0.1) is 8.07 Å². The molecule has 0 aromatic heterocycles. The summed E-state index contributed by atoms with van der Waals surface area (Å²) in [5.41, 5.74) is 12.3. The highest BCUT2D eigenvalue weighted by Gasteiger charge is 2.12. The molecule has 2 aromatic rings. The van der Waals surface area contributed by atoms with E-state index in [1.165, 1.54) is 84.8 Å². The number of halogens is 1. The van der Waals surface area contributed by atoms with Gasteiger partial charge in [-0.25, -0.2) is 0 Å². The quantitative estimate of drug-likeness (QED) is 0.112. The van der Waals surface area contributed by atoms with Crippen LogP contribution in [0, 0.1) is 10.8 Å². The number of rotatable bonds is 13. The Balaban J connectivity index is 0.000000414. The number of unbranched alkanes of at least 4 members (excludes halogenated alkanes) is 2. The van der Waals surface area contributed by atoms with Crippen LogP contribution in [-0.2, 0) is 12.8 Å². The molecule has 230 valence electrons. The number of hydrogen-bond donors (Lipinski definition) is 0. The van der Waals surface area contributed by atoms with Crippen LogP contribution < -0.4 is 0 Å². The van der Waals surface area contributed by atoms with Crippen LogP contribution in [0.4, 0.5) is 0 Å². The molecule has 0 nitrogen and oxygen atoms in total. The molecule has 2 aromatic carbocycles. The van der Waals surface area contributed by atoms with Crippen molar-refractivity contribution < 1.29 is 0 Å². The normalized spacial score (nSPS) is 13.2. The van der Waals surface area contributed by atoms with Gasteiger partial charge in [-0.3, -0.25) is 0 Å². The molecule has 0 N–H and O–H groups in total. The highest BCUT2D eigenvalue weighted by Crippen LogP contribution is 2.26. The molecule has 0 aliphatic carbocycles. The topological polar surface area (TPSA) is 0 Å². The first-order chi connectivity index (χ1) is 19.1. The van der Waals surface area contributed by atoms with Crippen LogP contribution in [0.25, 0.3) is 11.1 Å². The SMILES string of the molecule is CC/C(=C\I)c1cccc(CCCCC(C)(C)C)c1.CC/C(=C\[Si](C)(C)C)c1cccc(CCCCC(C)(C)C)c1. The van der Waals surface area contributed by atoms with Gasteiger partial charge >= 0.3 is 0 Å². The summed E-state index contributed by atoms with van der Waals surface area (Å²) in [7, 11) is -1.16. The second-order valence-corrected chi connectivity index (χ2v) is 21.0. The number of aryl methyl sites for hydroxylation is 2. The molecule has 0 radical (unpaired) electrons. The maximum Gasteiger partial charge on any atom is 0.0690 e. The molecule has 2 heteroatoms. The summed E-state index contributed by atoms with van der Waals surface area (Å²) in [5.74, 6) is 0. The zero-order chi connectivity index (χ0) is 31.1. The zero-order valence-electron chi connectivity index (χ0n) is 28.7. The molecular weight excluding hydrogens is 623 g/mol. The van der Waals surface area contributed by atoms with Crippen molar-refractivity contribution in [3.8, 4) is 0 Å². The maximum absolute atomic E-state index is 2.56. The minimum absolute atomic E-state index is 0.470. The zero-order valence-corrected chi connectivity index (χ0v) is 31.9. The van der Waals surface area contributed by atoms with Gasteiger partial charge in [0.2, 0.25) is 0 Å². The first-order valence-electron chi connectivity index (χ1n) is 16.3. The fraction of sp³-hybridized carbons (Fsp3) is 0.590. The van der Waals surface area contributed by atoms with Crippen molar-refractivity contribution in [3.05, 3.63) is 80.6 Å². The van der Waals surface area contributed by atoms with Gasteiger partial charge in [0, 0.05) is 0 Å². The lowest BCUT2D eigenvalue weighted by Crippen LogP contribution is -2.16. The van der Waals surface area contributed by atoms with Crippen molar-refractivity contribution >= 4 is 41.8 Å². The Labute approximate surface area is 271 Å². The molecule has 41 heavy (non-hydrogen) atoms. The van der Waals surface area contributed by atoms with E-state index in [1.807, 2.05) is 0 Å². The molecule has 0 unspecified atom stereocenters. The second-order valence-electron chi connectivity index (χ2n) is 15.3. The minimum Gasteiger partial charge on any atom is -0.0913 e. The smallest absolute Gasteiger partial charge is 0.0690 e. The average molecular weight is 687 g/mol. The lowest BCUT2D eigenvalue weighted by molar-refractivity contribution is 0.360. The fourth-order valence-corrected chi connectivity index (χ4v) is 7.29. The predicted octanol–water partition coefficient (Wildman–Crippen LogP) is 13.7. The van der Waals surface area contributed by atoms with E-state index in [9.17, 15) is 0 Å². The lowest BCUT2D eigenvalue weighted by Gasteiger charge is -2.17. The molecular formula is C39H63ISi. The van der Waals surface area contributed by atoms with Crippen molar-refractivity contribution in [2.24, 2.45) is 10.8 Å². The van der Waals surface area contributed by atoms with Crippen LogP contribution in [-0.4, -0.2) is 8.07 Å². The predicted molar refractivity (Wildman–Crippen MR) is 201 cm³/mol. The summed E-state index contributed by atoms with van der Waals surface area (Å²) >= 11 is 2.35. The molecule has 0 spiro atoms. The molecule has 0 saturated carbocycles. The molecule has 0 aliphatic heterocycles. The molecule has 0 aliphatic rings. The molecule has 0 bridgehead atoms. The number of benzene rings is 2. The first kappa shape index (κ1) is 37.9. The minimum atomic E-state index is -1.16. The molecule has 0 fully saturated rings. The van der Waals surface area contributed by atoms with E-state index >= 15 is 0 Å². The third kappa shape index (κ3) is 18.2. The van der Waals surface area contributed by atoms with E-state index in [0.717, 1.165) is 12.8 Å². The molecule has 0 heterocycles. The van der Waals surface area contributed by atoms with Crippen LogP contribution in [0.2, 0.25) is 19.6 Å². The molecule has 0 amide bonds. The number of hydrogen-bond acceptors (Lipinski definition) is 0. The third-order valence-corrected chi connectivity index (χ3v) is 9.35. The summed E-state index contributed by atoms with van der Waals surface area (Å²) < 4.78 is 2.20. The van der Waals surface area contributed by atoms with Crippen molar-refractivity contribution in [2.75, 3.05) is 0 Å². The summed E-state index contributed by atoms with van der Waals surface area (Å²) in [6.07, 6.45) is 12.6. The average Bonchev–Trinajstić information content (AvgIpc) is 2.88. The van der Waals surface area contributed by atoms with E-state index in [-0.39, 0.29) is 0 Å². The summed E-state index contributed by atoms with van der Waals surface area (Å²) in [6.45, 7) is 25.7. The van der Waals surface area contributed by atoms with Crippen molar-refractivity contribution in [2.45, 2.75) is 139 Å². The highest BCUT2D eigenvalue weighted by atomic mass is 127. The van der Waals surface area contributed by atoms with Gasteiger partial charge in [0.25, 0.3) is 0 Å². The van der Waals surface area contributed by atoms with Crippen LogP contribution in [0.5, 0.6) is 0 Å². The van der Waals surface area contributed by atoms with Gasteiger partial charge in [-0.2, -0.15) is 0 Å². The fourth-order valence-electron chi connectivity index (χ4n) is 5.08. The third-order valence-electron chi connectivity index (χ3n) is 7.38. The molecule has 2 rings (SSSR count). The van der Waals surface area contributed by atoms with Gasteiger partial charge in [0.1, 0.15) is 0 Å². The lowest BCUT2D eigenvalue weighted by atomic mass is 9.89. The van der Waals surface area contributed by atoms with E-state index in [2.05, 4.69) is 156 Å². The molecule has 0 atom stereocenters. The summed E-state index contributed by atoms with van der Waals surface area (Å²) in [6, 6.07) is 18.3.